The molecule has 2 heterocycles. The maximum atomic E-state index is 13.5. The third-order valence-corrected chi connectivity index (χ3v) is 6.03. The van der Waals surface area contributed by atoms with Gasteiger partial charge in [0.25, 0.3) is 5.91 Å². The zero-order valence-electron chi connectivity index (χ0n) is 18.2. The van der Waals surface area contributed by atoms with E-state index in [1.807, 2.05) is 42.5 Å². The molecule has 0 atom stereocenters. The number of fused-ring (bicyclic) bond motifs is 1. The lowest BCUT2D eigenvalue weighted by Crippen LogP contribution is -2.30. The standard InChI is InChI=1S/C25H25N3O3S/c1-3-4-14-31-20-9-7-19(8-10-20)24(29)28(17-18-6-5-13-26-16-18)25-27-22-12-11-21(30-2)15-23(22)32-25/h5-13,15-16H,3-4,14,17H2,1-2H3. The number of methoxy groups -OCH3 is 1. The minimum absolute atomic E-state index is 0.125. The third kappa shape index (κ3) is 5.06. The predicted molar refractivity (Wildman–Crippen MR) is 128 cm³/mol. The van der Waals surface area contributed by atoms with Crippen molar-refractivity contribution in [3.63, 3.8) is 0 Å². The second-order valence-corrected chi connectivity index (χ2v) is 8.32. The molecule has 0 N–H and O–H groups in total. The van der Waals surface area contributed by atoms with Crippen LogP contribution in [-0.2, 0) is 6.54 Å². The van der Waals surface area contributed by atoms with Crippen molar-refractivity contribution in [2.45, 2.75) is 26.3 Å². The Bertz CT molecular complexity index is 1180. The number of unbranched alkanes of at least 4 members (excludes halogenated alkanes) is 1. The summed E-state index contributed by atoms with van der Waals surface area (Å²) in [6, 6.07) is 16.8. The van der Waals surface area contributed by atoms with E-state index in [4.69, 9.17) is 14.5 Å². The Labute approximate surface area is 191 Å². The summed E-state index contributed by atoms with van der Waals surface area (Å²) in [5.41, 5.74) is 2.33. The van der Waals surface area contributed by atoms with Gasteiger partial charge in [-0.15, -0.1) is 0 Å². The Morgan fingerprint density at radius 2 is 1.91 bits per heavy atom. The Kier molecular flexibility index (Phi) is 6.97. The van der Waals surface area contributed by atoms with Crippen molar-refractivity contribution in [3.05, 3.63) is 78.1 Å². The molecule has 7 heteroatoms. The summed E-state index contributed by atoms with van der Waals surface area (Å²) in [5.74, 6) is 1.40. The fourth-order valence-electron chi connectivity index (χ4n) is 3.22. The lowest BCUT2D eigenvalue weighted by Gasteiger charge is -2.20. The van der Waals surface area contributed by atoms with Gasteiger partial charge in [-0.2, -0.15) is 0 Å². The van der Waals surface area contributed by atoms with Crippen LogP contribution in [0.2, 0.25) is 0 Å². The van der Waals surface area contributed by atoms with Crippen LogP contribution >= 0.6 is 11.3 Å². The van der Waals surface area contributed by atoms with E-state index >= 15 is 0 Å². The average Bonchev–Trinajstić information content (AvgIpc) is 3.26. The van der Waals surface area contributed by atoms with Crippen LogP contribution in [0.15, 0.2) is 67.0 Å². The normalized spacial score (nSPS) is 10.8. The zero-order chi connectivity index (χ0) is 22.3. The van der Waals surface area contributed by atoms with Crippen LogP contribution in [0.5, 0.6) is 11.5 Å². The largest absolute Gasteiger partial charge is 0.497 e. The number of hydrogen-bond donors (Lipinski definition) is 0. The van der Waals surface area contributed by atoms with Gasteiger partial charge in [0.15, 0.2) is 5.13 Å². The lowest BCUT2D eigenvalue weighted by atomic mass is 10.1. The van der Waals surface area contributed by atoms with Crippen molar-refractivity contribution in [3.8, 4) is 11.5 Å². The molecular weight excluding hydrogens is 422 g/mol. The first kappa shape index (κ1) is 21.8. The Hall–Kier alpha value is -3.45. The van der Waals surface area contributed by atoms with E-state index < -0.39 is 0 Å². The van der Waals surface area contributed by atoms with Gasteiger partial charge in [-0.1, -0.05) is 30.7 Å². The minimum atomic E-state index is -0.125. The van der Waals surface area contributed by atoms with Gasteiger partial charge in [0.1, 0.15) is 11.5 Å². The molecule has 1 amide bonds. The number of nitrogens with zero attached hydrogens (tertiary/aromatic N) is 3. The number of hydrogen-bond acceptors (Lipinski definition) is 6. The Morgan fingerprint density at radius 3 is 2.62 bits per heavy atom. The molecule has 164 valence electrons. The molecule has 0 radical (unpaired) electrons. The molecule has 2 aromatic carbocycles. The molecule has 0 aliphatic heterocycles. The molecule has 6 nitrogen and oxygen atoms in total. The third-order valence-electron chi connectivity index (χ3n) is 4.99. The summed E-state index contributed by atoms with van der Waals surface area (Å²) in [6.45, 7) is 3.17. The van der Waals surface area contributed by atoms with E-state index in [0.29, 0.717) is 23.8 Å². The second-order valence-electron chi connectivity index (χ2n) is 7.31. The number of aromatic nitrogens is 2. The molecular formula is C25H25N3O3S. The summed E-state index contributed by atoms with van der Waals surface area (Å²) in [5, 5.41) is 0.630. The highest BCUT2D eigenvalue weighted by Gasteiger charge is 2.22. The van der Waals surface area contributed by atoms with Gasteiger partial charge >= 0.3 is 0 Å². The highest BCUT2D eigenvalue weighted by molar-refractivity contribution is 7.22. The lowest BCUT2D eigenvalue weighted by molar-refractivity contribution is 0.0985. The van der Waals surface area contributed by atoms with Crippen LogP contribution in [0.4, 0.5) is 5.13 Å². The van der Waals surface area contributed by atoms with Crippen molar-refractivity contribution in [2.75, 3.05) is 18.6 Å². The molecule has 4 aromatic rings. The molecule has 0 aliphatic rings. The molecule has 32 heavy (non-hydrogen) atoms. The van der Waals surface area contributed by atoms with Crippen LogP contribution in [-0.4, -0.2) is 29.6 Å². The second kappa shape index (κ2) is 10.2. The smallest absolute Gasteiger partial charge is 0.260 e. The number of ether oxygens (including phenoxy) is 2. The maximum Gasteiger partial charge on any atom is 0.260 e. The first-order valence-corrected chi connectivity index (χ1v) is 11.4. The molecule has 2 aromatic heterocycles. The molecule has 0 saturated carbocycles. The summed E-state index contributed by atoms with van der Waals surface area (Å²) in [4.78, 5) is 24.1. The van der Waals surface area contributed by atoms with Crippen molar-refractivity contribution in [1.82, 2.24) is 9.97 Å². The average molecular weight is 448 g/mol. The van der Waals surface area contributed by atoms with Crippen LogP contribution in [0.25, 0.3) is 10.2 Å². The number of carbonyl (C=O) groups excluding carboxylic acids is 1. The molecule has 0 spiro atoms. The summed E-state index contributed by atoms with van der Waals surface area (Å²) in [7, 11) is 1.64. The molecule has 0 unspecified atom stereocenters. The van der Waals surface area contributed by atoms with E-state index in [1.165, 1.54) is 11.3 Å². The highest BCUT2D eigenvalue weighted by atomic mass is 32.1. The van der Waals surface area contributed by atoms with Gasteiger partial charge < -0.3 is 9.47 Å². The van der Waals surface area contributed by atoms with Crippen LogP contribution < -0.4 is 14.4 Å². The first-order chi connectivity index (χ1) is 15.7. The van der Waals surface area contributed by atoms with E-state index in [0.717, 1.165) is 40.1 Å². The highest BCUT2D eigenvalue weighted by Crippen LogP contribution is 2.33. The van der Waals surface area contributed by atoms with Crippen molar-refractivity contribution in [2.24, 2.45) is 0 Å². The molecule has 4 rings (SSSR count). The van der Waals surface area contributed by atoms with Gasteiger partial charge in [-0.25, -0.2) is 4.98 Å². The SMILES string of the molecule is CCCCOc1ccc(C(=O)N(Cc2cccnc2)c2nc3ccc(OC)cc3s2)cc1. The topological polar surface area (TPSA) is 64.5 Å². The zero-order valence-corrected chi connectivity index (χ0v) is 19.0. The van der Waals surface area contributed by atoms with Gasteiger partial charge in [0, 0.05) is 18.0 Å². The van der Waals surface area contributed by atoms with Gasteiger partial charge in [0.05, 0.1) is 30.5 Å². The molecule has 0 bridgehead atoms. The Balaban J connectivity index is 1.64. The number of benzene rings is 2. The number of rotatable bonds is 9. The quantitative estimate of drug-likeness (QED) is 0.307. The predicted octanol–water partition coefficient (Wildman–Crippen LogP) is 5.73. The van der Waals surface area contributed by atoms with Gasteiger partial charge in [-0.3, -0.25) is 14.7 Å². The number of anilines is 1. The van der Waals surface area contributed by atoms with Crippen molar-refractivity contribution in [1.29, 1.82) is 0 Å². The van der Waals surface area contributed by atoms with Crippen LogP contribution in [0.3, 0.4) is 0 Å². The number of carbonyl (C=O) groups is 1. The summed E-state index contributed by atoms with van der Waals surface area (Å²) < 4.78 is 12.0. The molecule has 0 saturated heterocycles. The van der Waals surface area contributed by atoms with Gasteiger partial charge in [0.2, 0.25) is 0 Å². The van der Waals surface area contributed by atoms with E-state index in [9.17, 15) is 4.79 Å². The summed E-state index contributed by atoms with van der Waals surface area (Å²) >= 11 is 1.46. The number of thiazole rings is 1. The van der Waals surface area contributed by atoms with Crippen LogP contribution in [0.1, 0.15) is 35.7 Å². The molecule has 0 fully saturated rings. The minimum Gasteiger partial charge on any atom is -0.497 e. The number of pyridine rings is 1. The first-order valence-electron chi connectivity index (χ1n) is 10.6. The van der Waals surface area contributed by atoms with Crippen molar-refractivity contribution >= 4 is 32.6 Å². The summed E-state index contributed by atoms with van der Waals surface area (Å²) in [6.07, 6.45) is 5.56. The fourth-order valence-corrected chi connectivity index (χ4v) is 4.21. The van der Waals surface area contributed by atoms with E-state index in [-0.39, 0.29) is 5.91 Å². The van der Waals surface area contributed by atoms with E-state index in [1.54, 1.807) is 36.5 Å². The monoisotopic (exact) mass is 447 g/mol. The Morgan fingerprint density at radius 1 is 1.09 bits per heavy atom. The van der Waals surface area contributed by atoms with Crippen molar-refractivity contribution < 1.29 is 14.3 Å². The fraction of sp³-hybridized carbons (Fsp3) is 0.240. The maximum absolute atomic E-state index is 13.5. The number of amides is 1. The molecule has 0 aliphatic carbocycles. The van der Waals surface area contributed by atoms with Crippen LogP contribution in [0, 0.1) is 0 Å². The van der Waals surface area contributed by atoms with E-state index in [2.05, 4.69) is 11.9 Å². The van der Waals surface area contributed by atoms with Gasteiger partial charge in [-0.05, 0) is 60.5 Å².